The maximum atomic E-state index is 12.8. The number of carbonyl (C=O) groups is 1. The third kappa shape index (κ3) is 8.62. The molecule has 0 amide bonds. The predicted molar refractivity (Wildman–Crippen MR) is 135 cm³/mol. The van der Waals surface area contributed by atoms with E-state index in [0.29, 0.717) is 6.42 Å². The molecule has 0 fully saturated rings. The number of alkyl halides is 3. The largest absolute Gasteiger partial charge is 0.455 e. The van der Waals surface area contributed by atoms with Crippen LogP contribution in [-0.4, -0.2) is 55.2 Å². The van der Waals surface area contributed by atoms with E-state index < -0.39 is 33.5 Å². The van der Waals surface area contributed by atoms with Crippen molar-refractivity contribution >= 4 is 49.5 Å². The highest BCUT2D eigenvalue weighted by atomic mass is 32.2. The standard InChI is InChI=1S/C22H29F3N6O4S2/c1-5-6-9-31-10-7-8-14-11-15(16(12-17(14)31)30-37(33,34)13-22(23,24)25)26-28-20-29-27-18(36-20)19(32)35-21(2,3)4/h11-12,30H,5-10,13H2,1-4H3. The van der Waals surface area contributed by atoms with Crippen LogP contribution < -0.4 is 9.62 Å². The zero-order valence-corrected chi connectivity index (χ0v) is 22.6. The van der Waals surface area contributed by atoms with Gasteiger partial charge < -0.3 is 9.64 Å². The van der Waals surface area contributed by atoms with Crippen LogP contribution >= 0.6 is 11.3 Å². The Bertz CT molecular complexity index is 1260. The van der Waals surface area contributed by atoms with Crippen LogP contribution in [0.3, 0.4) is 0 Å². The van der Waals surface area contributed by atoms with Crippen molar-refractivity contribution in [1.82, 2.24) is 10.2 Å². The van der Waals surface area contributed by atoms with Gasteiger partial charge in [-0.25, -0.2) is 13.2 Å². The molecule has 0 saturated carbocycles. The zero-order chi connectivity index (χ0) is 27.4. The maximum Gasteiger partial charge on any atom is 0.404 e. The van der Waals surface area contributed by atoms with Crippen molar-refractivity contribution < 1.29 is 31.1 Å². The van der Waals surface area contributed by atoms with E-state index in [1.54, 1.807) is 26.8 Å². The molecule has 1 aromatic heterocycles. The summed E-state index contributed by atoms with van der Waals surface area (Å²) in [6, 6.07) is 3.11. The molecular formula is C22H29F3N6O4S2. The van der Waals surface area contributed by atoms with Gasteiger partial charge in [0.1, 0.15) is 11.3 Å². The van der Waals surface area contributed by atoms with Crippen molar-refractivity contribution in [2.75, 3.05) is 28.5 Å². The molecule has 0 radical (unpaired) electrons. The Morgan fingerprint density at radius 2 is 1.95 bits per heavy atom. The van der Waals surface area contributed by atoms with Crippen molar-refractivity contribution in [3.8, 4) is 0 Å². The molecule has 0 bridgehead atoms. The monoisotopic (exact) mass is 562 g/mol. The number of carbonyl (C=O) groups excluding carboxylic acids is 1. The molecule has 3 rings (SSSR count). The van der Waals surface area contributed by atoms with Gasteiger partial charge in [-0.2, -0.15) is 13.2 Å². The SMILES string of the molecule is CCCCN1CCCc2cc(N=Nc3nnc(C(=O)OC(C)(C)C)s3)c(NS(=O)(=O)CC(F)(F)F)cc21. The van der Waals surface area contributed by atoms with E-state index >= 15 is 0 Å². The molecule has 1 aromatic carbocycles. The van der Waals surface area contributed by atoms with Gasteiger partial charge in [0.25, 0.3) is 5.13 Å². The molecule has 15 heteroatoms. The number of fused-ring (bicyclic) bond motifs is 1. The number of aryl methyl sites for hydroxylation is 1. The van der Waals surface area contributed by atoms with Crippen molar-refractivity contribution in [3.05, 3.63) is 22.7 Å². The number of benzene rings is 1. The number of halogens is 3. The molecule has 10 nitrogen and oxygen atoms in total. The van der Waals surface area contributed by atoms with Gasteiger partial charge in [0.05, 0.1) is 5.69 Å². The summed E-state index contributed by atoms with van der Waals surface area (Å²) in [6.45, 7) is 8.64. The first-order valence-electron chi connectivity index (χ1n) is 11.6. The maximum absolute atomic E-state index is 12.8. The highest BCUT2D eigenvalue weighted by molar-refractivity contribution is 7.92. The molecule has 204 valence electrons. The van der Waals surface area contributed by atoms with E-state index in [1.807, 2.05) is 11.6 Å². The van der Waals surface area contributed by atoms with Gasteiger partial charge in [0.2, 0.25) is 15.0 Å². The second-order valence-corrected chi connectivity index (χ2v) is 12.2. The number of rotatable bonds is 9. The highest BCUT2D eigenvalue weighted by Gasteiger charge is 2.35. The minimum Gasteiger partial charge on any atom is -0.455 e. The average Bonchev–Trinajstić information content (AvgIpc) is 3.22. The van der Waals surface area contributed by atoms with Crippen LogP contribution in [0.25, 0.3) is 0 Å². The number of anilines is 2. The number of nitrogens with one attached hydrogen (secondary N) is 1. The molecule has 1 aliphatic rings. The number of azo groups is 1. The summed E-state index contributed by atoms with van der Waals surface area (Å²) in [7, 11) is -4.77. The summed E-state index contributed by atoms with van der Waals surface area (Å²) < 4.78 is 70.3. The van der Waals surface area contributed by atoms with Gasteiger partial charge in [0, 0.05) is 18.8 Å². The Balaban J connectivity index is 1.95. The molecule has 37 heavy (non-hydrogen) atoms. The lowest BCUT2D eigenvalue weighted by atomic mass is 10.00. The molecule has 1 N–H and O–H groups in total. The second-order valence-electron chi connectivity index (χ2n) is 9.51. The Labute approximate surface area is 217 Å². The fourth-order valence-electron chi connectivity index (χ4n) is 3.62. The summed E-state index contributed by atoms with van der Waals surface area (Å²) in [5, 5.41) is 15.5. The van der Waals surface area contributed by atoms with E-state index in [1.165, 1.54) is 6.07 Å². The Kier molecular flexibility index (Phi) is 8.78. The van der Waals surface area contributed by atoms with E-state index in [0.717, 1.165) is 54.9 Å². The molecule has 2 heterocycles. The summed E-state index contributed by atoms with van der Waals surface area (Å²) in [4.78, 5) is 14.3. The number of sulfonamides is 1. The number of aromatic nitrogens is 2. The number of ether oxygens (including phenoxy) is 1. The van der Waals surface area contributed by atoms with E-state index in [9.17, 15) is 26.4 Å². The van der Waals surface area contributed by atoms with Gasteiger partial charge in [0.15, 0.2) is 5.75 Å². The molecular weight excluding hydrogens is 533 g/mol. The summed E-state index contributed by atoms with van der Waals surface area (Å²) >= 11 is 0.813. The summed E-state index contributed by atoms with van der Waals surface area (Å²) in [6.07, 6.45) is -1.50. The normalized spacial score (nSPS) is 14.6. The van der Waals surface area contributed by atoms with Crippen molar-refractivity contribution in [1.29, 1.82) is 0 Å². The number of esters is 1. The molecule has 0 unspecified atom stereocenters. The van der Waals surface area contributed by atoms with Gasteiger partial charge >= 0.3 is 12.1 Å². The van der Waals surface area contributed by atoms with Crippen LogP contribution in [0.1, 0.15) is 62.3 Å². The van der Waals surface area contributed by atoms with Crippen LogP contribution in [-0.2, 0) is 21.2 Å². The van der Waals surface area contributed by atoms with Crippen LogP contribution in [0.5, 0.6) is 0 Å². The van der Waals surface area contributed by atoms with Crippen LogP contribution in [0, 0.1) is 0 Å². The van der Waals surface area contributed by atoms with E-state index in [4.69, 9.17) is 4.74 Å². The number of hydrogen-bond acceptors (Lipinski definition) is 10. The van der Waals surface area contributed by atoms with E-state index in [-0.39, 0.29) is 21.5 Å². The van der Waals surface area contributed by atoms with Crippen molar-refractivity contribution in [3.63, 3.8) is 0 Å². The van der Waals surface area contributed by atoms with E-state index in [2.05, 4.69) is 25.3 Å². The fourth-order valence-corrected chi connectivity index (χ4v) is 5.16. The Morgan fingerprint density at radius 3 is 2.59 bits per heavy atom. The minimum atomic E-state index is -4.92. The topological polar surface area (TPSA) is 126 Å². The first-order chi connectivity index (χ1) is 17.2. The van der Waals surface area contributed by atoms with Crippen molar-refractivity contribution in [2.45, 2.75) is 65.2 Å². The minimum absolute atomic E-state index is 0.00718. The van der Waals surface area contributed by atoms with Crippen LogP contribution in [0.15, 0.2) is 22.4 Å². The lowest BCUT2D eigenvalue weighted by Crippen LogP contribution is -2.31. The summed E-state index contributed by atoms with van der Waals surface area (Å²) in [5.74, 6) is -2.73. The zero-order valence-electron chi connectivity index (χ0n) is 20.9. The average molecular weight is 563 g/mol. The molecule has 0 atom stereocenters. The highest BCUT2D eigenvalue weighted by Crippen LogP contribution is 2.39. The molecule has 2 aromatic rings. The molecule has 0 saturated heterocycles. The lowest BCUT2D eigenvalue weighted by molar-refractivity contribution is -0.106. The summed E-state index contributed by atoms with van der Waals surface area (Å²) in [5.41, 5.74) is 0.775. The quantitative estimate of drug-likeness (QED) is 0.304. The van der Waals surface area contributed by atoms with Gasteiger partial charge in [-0.05, 0) is 57.7 Å². The number of hydrogen-bond donors (Lipinski definition) is 1. The second kappa shape index (κ2) is 11.3. The Hall–Kier alpha value is -2.81. The number of nitrogens with zero attached hydrogens (tertiary/aromatic N) is 5. The van der Waals surface area contributed by atoms with Gasteiger partial charge in [-0.1, -0.05) is 24.7 Å². The van der Waals surface area contributed by atoms with Gasteiger partial charge in [-0.3, -0.25) is 4.72 Å². The molecule has 0 spiro atoms. The van der Waals surface area contributed by atoms with Crippen LogP contribution in [0.2, 0.25) is 0 Å². The van der Waals surface area contributed by atoms with Crippen molar-refractivity contribution in [2.24, 2.45) is 10.2 Å². The number of unbranched alkanes of at least 4 members (excludes halogenated alkanes) is 1. The van der Waals surface area contributed by atoms with Crippen LogP contribution in [0.4, 0.5) is 35.4 Å². The molecule has 0 aliphatic carbocycles. The first-order valence-corrected chi connectivity index (χ1v) is 14.1. The molecule has 1 aliphatic heterocycles. The lowest BCUT2D eigenvalue weighted by Gasteiger charge is -2.32. The van der Waals surface area contributed by atoms with Gasteiger partial charge in [-0.15, -0.1) is 20.4 Å². The first kappa shape index (κ1) is 28.8. The third-order valence-corrected chi connectivity index (χ3v) is 7.07. The fraction of sp³-hybridized carbons (Fsp3) is 0.591. The third-order valence-electron chi connectivity index (χ3n) is 5.04. The predicted octanol–water partition coefficient (Wildman–Crippen LogP) is 5.77. The Morgan fingerprint density at radius 1 is 1.22 bits per heavy atom. The smallest absolute Gasteiger partial charge is 0.404 e.